The lowest BCUT2D eigenvalue weighted by Crippen LogP contribution is -2.43. The molecule has 58 valence electrons. The molecule has 0 unspecified atom stereocenters. The predicted molar refractivity (Wildman–Crippen MR) is 52.6 cm³/mol. The van der Waals surface area contributed by atoms with Gasteiger partial charge in [-0.15, -0.1) is 0 Å². The molecule has 2 aliphatic carbocycles. The maximum atomic E-state index is 2.63. The minimum absolute atomic E-state index is 0.669. The predicted octanol–water partition coefficient (Wildman–Crippen LogP) is 3.53. The second-order valence-electron chi connectivity index (χ2n) is 4.47. The summed E-state index contributed by atoms with van der Waals surface area (Å²) in [6.07, 6.45) is 9.08. The topological polar surface area (TPSA) is 0 Å². The lowest BCUT2D eigenvalue weighted by atomic mass is 9.62. The van der Waals surface area contributed by atoms with E-state index < -0.39 is 0 Å². The molecule has 2 aliphatic rings. The van der Waals surface area contributed by atoms with Gasteiger partial charge in [-0.3, -0.25) is 0 Å². The van der Waals surface area contributed by atoms with Crippen LogP contribution in [-0.2, 0) is 0 Å². The van der Waals surface area contributed by atoms with E-state index in [1.807, 2.05) is 0 Å². The summed E-state index contributed by atoms with van der Waals surface area (Å²) in [5.41, 5.74) is 0.843. The summed E-state index contributed by atoms with van der Waals surface area (Å²) in [5.74, 6) is 0. The summed E-state index contributed by atoms with van der Waals surface area (Å²) in [5, 5.41) is 0. The van der Waals surface area contributed by atoms with Gasteiger partial charge in [0.15, 0.2) is 0 Å². The van der Waals surface area contributed by atoms with E-state index in [0.29, 0.717) is 3.42 Å². The number of alkyl halides is 1. The first-order valence-electron chi connectivity index (χ1n) is 4.31. The zero-order valence-corrected chi connectivity index (χ0v) is 8.78. The maximum Gasteiger partial charge on any atom is 0.0204 e. The van der Waals surface area contributed by atoms with Gasteiger partial charge in [0.2, 0.25) is 0 Å². The smallest absolute Gasteiger partial charge is 0.0204 e. The van der Waals surface area contributed by atoms with Gasteiger partial charge in [0, 0.05) is 3.42 Å². The van der Waals surface area contributed by atoms with Crippen LogP contribution in [0.5, 0.6) is 0 Å². The van der Waals surface area contributed by atoms with E-state index in [1.54, 1.807) is 0 Å². The van der Waals surface area contributed by atoms with E-state index in [1.165, 1.54) is 38.5 Å². The molecule has 0 saturated heterocycles. The van der Waals surface area contributed by atoms with Gasteiger partial charge in [0.05, 0.1) is 0 Å². The van der Waals surface area contributed by atoms with Crippen LogP contribution < -0.4 is 0 Å². The van der Waals surface area contributed by atoms with Crippen molar-refractivity contribution in [3.63, 3.8) is 0 Å². The third kappa shape index (κ3) is 1.10. The van der Waals surface area contributed by atoms with Gasteiger partial charge < -0.3 is 0 Å². The molecule has 0 aliphatic heterocycles. The first-order chi connectivity index (χ1) is 4.62. The van der Waals surface area contributed by atoms with E-state index in [2.05, 4.69) is 29.5 Å². The Morgan fingerprint density at radius 1 is 1.10 bits per heavy atom. The third-order valence-electron chi connectivity index (χ3n) is 3.15. The van der Waals surface area contributed by atoms with Crippen LogP contribution in [0.25, 0.3) is 0 Å². The Labute approximate surface area is 76.9 Å². The van der Waals surface area contributed by atoms with Crippen molar-refractivity contribution in [3.05, 3.63) is 0 Å². The van der Waals surface area contributed by atoms with Crippen LogP contribution in [0.1, 0.15) is 45.4 Å². The Kier molecular flexibility index (Phi) is 1.56. The molecule has 2 rings (SSSR count). The summed E-state index contributed by atoms with van der Waals surface area (Å²) < 4.78 is 0.669. The van der Waals surface area contributed by atoms with E-state index in [4.69, 9.17) is 0 Å². The number of rotatable bonds is 0. The van der Waals surface area contributed by atoms with Crippen molar-refractivity contribution >= 4 is 22.6 Å². The highest BCUT2D eigenvalue weighted by atomic mass is 127. The molecule has 10 heavy (non-hydrogen) atoms. The molecule has 0 nitrogen and oxygen atoms in total. The van der Waals surface area contributed by atoms with E-state index in [9.17, 15) is 0 Å². The van der Waals surface area contributed by atoms with E-state index in [0.717, 1.165) is 5.41 Å². The van der Waals surface area contributed by atoms with Gasteiger partial charge in [-0.05, 0) is 31.1 Å². The lowest BCUT2D eigenvalue weighted by Gasteiger charge is -2.50. The maximum absolute atomic E-state index is 2.63. The molecule has 0 bridgehead atoms. The highest BCUT2D eigenvalue weighted by molar-refractivity contribution is 14.1. The normalized spacial score (nSPS) is 34.2. The summed E-state index contributed by atoms with van der Waals surface area (Å²) >= 11 is 2.63. The summed E-state index contributed by atoms with van der Waals surface area (Å²) in [7, 11) is 0. The molecule has 0 aromatic carbocycles. The van der Waals surface area contributed by atoms with E-state index >= 15 is 0 Å². The molecule has 1 spiro atoms. The Morgan fingerprint density at radius 2 is 1.60 bits per heavy atom. The molecule has 0 heterocycles. The molecule has 2 fully saturated rings. The average molecular weight is 250 g/mol. The highest BCUT2D eigenvalue weighted by Gasteiger charge is 2.50. The zero-order valence-electron chi connectivity index (χ0n) is 6.62. The molecule has 0 atom stereocenters. The van der Waals surface area contributed by atoms with Gasteiger partial charge >= 0.3 is 0 Å². The van der Waals surface area contributed by atoms with Crippen molar-refractivity contribution in [2.24, 2.45) is 5.41 Å². The van der Waals surface area contributed by atoms with Gasteiger partial charge in [0.1, 0.15) is 0 Å². The van der Waals surface area contributed by atoms with Gasteiger partial charge in [-0.25, -0.2) is 0 Å². The zero-order chi connectivity index (χ0) is 7.24. The van der Waals surface area contributed by atoms with Crippen LogP contribution in [0.3, 0.4) is 0 Å². The second kappa shape index (κ2) is 2.11. The van der Waals surface area contributed by atoms with Crippen molar-refractivity contribution in [1.82, 2.24) is 0 Å². The fraction of sp³-hybridized carbons (Fsp3) is 1.00. The summed E-state index contributed by atoms with van der Waals surface area (Å²) in [6, 6.07) is 0. The van der Waals surface area contributed by atoms with Crippen LogP contribution in [0, 0.1) is 5.41 Å². The molecule has 0 aromatic heterocycles. The van der Waals surface area contributed by atoms with Crippen LogP contribution >= 0.6 is 22.6 Å². The fourth-order valence-corrected chi connectivity index (χ4v) is 4.61. The van der Waals surface area contributed by atoms with Crippen LogP contribution in [0.4, 0.5) is 0 Å². The Balaban J connectivity index is 1.98. The summed E-state index contributed by atoms with van der Waals surface area (Å²) in [4.78, 5) is 0. The fourth-order valence-electron chi connectivity index (χ4n) is 2.99. The second-order valence-corrected chi connectivity index (χ2v) is 7.08. The van der Waals surface area contributed by atoms with Crippen molar-refractivity contribution in [1.29, 1.82) is 0 Å². The quantitative estimate of drug-likeness (QED) is 0.455. The molecular weight excluding hydrogens is 235 g/mol. The number of halogens is 1. The molecule has 0 aromatic rings. The average Bonchev–Trinajstić information content (AvgIpc) is 2.10. The van der Waals surface area contributed by atoms with Gasteiger partial charge in [-0.1, -0.05) is 42.4 Å². The molecular formula is C9H15I. The van der Waals surface area contributed by atoms with Crippen molar-refractivity contribution < 1.29 is 0 Å². The minimum Gasteiger partial charge on any atom is -0.0791 e. The van der Waals surface area contributed by atoms with Crippen LogP contribution in [0.2, 0.25) is 0 Å². The SMILES string of the molecule is CC1(I)CC2(CCCC2)C1. The molecule has 2 saturated carbocycles. The largest absolute Gasteiger partial charge is 0.0791 e. The van der Waals surface area contributed by atoms with Crippen LogP contribution in [0.15, 0.2) is 0 Å². The first kappa shape index (κ1) is 7.38. The Morgan fingerprint density at radius 3 is 2.00 bits per heavy atom. The van der Waals surface area contributed by atoms with E-state index in [-0.39, 0.29) is 0 Å². The standard InChI is InChI=1S/C9H15I/c1-8(10)6-9(7-8)4-2-3-5-9/h2-7H2,1H3. The van der Waals surface area contributed by atoms with Crippen molar-refractivity contribution in [2.75, 3.05) is 0 Å². The molecule has 0 radical (unpaired) electrons. The minimum atomic E-state index is 0.669. The van der Waals surface area contributed by atoms with Crippen molar-refractivity contribution in [2.45, 2.75) is 48.9 Å². The van der Waals surface area contributed by atoms with Crippen LogP contribution in [-0.4, -0.2) is 3.42 Å². The lowest BCUT2D eigenvalue weighted by molar-refractivity contribution is 0.110. The number of hydrogen-bond donors (Lipinski definition) is 0. The third-order valence-corrected chi connectivity index (χ3v) is 3.91. The first-order valence-corrected chi connectivity index (χ1v) is 5.39. The van der Waals surface area contributed by atoms with Gasteiger partial charge in [0.25, 0.3) is 0 Å². The van der Waals surface area contributed by atoms with Crippen molar-refractivity contribution in [3.8, 4) is 0 Å². The molecule has 0 amide bonds. The molecule has 1 heteroatoms. The Hall–Kier alpha value is 0.730. The highest BCUT2D eigenvalue weighted by Crippen LogP contribution is 2.61. The summed E-state index contributed by atoms with van der Waals surface area (Å²) in [6.45, 7) is 2.40. The monoisotopic (exact) mass is 250 g/mol. The number of hydrogen-bond acceptors (Lipinski definition) is 0. The Bertz CT molecular complexity index is 133. The van der Waals surface area contributed by atoms with Gasteiger partial charge in [-0.2, -0.15) is 0 Å². The molecule has 0 N–H and O–H groups in total.